The number of carbonyl (C=O) groups excluding carboxylic acids is 1. The van der Waals surface area contributed by atoms with E-state index in [1.54, 1.807) is 12.1 Å². The number of halogens is 1. The van der Waals surface area contributed by atoms with Gasteiger partial charge in [0, 0.05) is 48.9 Å². The van der Waals surface area contributed by atoms with Gasteiger partial charge in [0.25, 0.3) is 0 Å². The van der Waals surface area contributed by atoms with Crippen LogP contribution < -0.4 is 0 Å². The molecule has 1 fully saturated rings. The summed E-state index contributed by atoms with van der Waals surface area (Å²) in [5, 5.41) is 4.73. The van der Waals surface area contributed by atoms with Gasteiger partial charge < -0.3 is 13.7 Å². The maximum atomic E-state index is 11.7. The van der Waals surface area contributed by atoms with Crippen molar-refractivity contribution in [2.24, 2.45) is 0 Å². The maximum absolute atomic E-state index is 11.7. The zero-order valence-corrected chi connectivity index (χ0v) is 16.8. The molecule has 0 aliphatic carbocycles. The molecule has 8 nitrogen and oxygen atoms in total. The number of hydrogen-bond donors (Lipinski definition) is 0. The second-order valence-corrected chi connectivity index (χ2v) is 7.27. The Morgan fingerprint density at radius 2 is 1.79 bits per heavy atom. The van der Waals surface area contributed by atoms with E-state index < -0.39 is 5.97 Å². The van der Waals surface area contributed by atoms with Crippen molar-refractivity contribution >= 4 is 17.6 Å². The highest BCUT2D eigenvalue weighted by atomic mass is 35.5. The van der Waals surface area contributed by atoms with Crippen LogP contribution in [0.25, 0.3) is 11.4 Å². The Kier molecular flexibility index (Phi) is 5.94. The molecule has 9 heteroatoms. The van der Waals surface area contributed by atoms with Gasteiger partial charge in [0.15, 0.2) is 0 Å². The van der Waals surface area contributed by atoms with E-state index >= 15 is 0 Å². The van der Waals surface area contributed by atoms with Crippen LogP contribution in [0, 0.1) is 0 Å². The number of furan rings is 1. The molecule has 0 bridgehead atoms. The van der Waals surface area contributed by atoms with E-state index in [0.717, 1.165) is 37.3 Å². The van der Waals surface area contributed by atoms with E-state index in [-0.39, 0.29) is 5.76 Å². The number of methoxy groups -OCH3 is 1. The van der Waals surface area contributed by atoms with Crippen molar-refractivity contribution in [3.63, 3.8) is 0 Å². The summed E-state index contributed by atoms with van der Waals surface area (Å²) in [5.41, 5.74) is 1.71. The van der Waals surface area contributed by atoms with Crippen molar-refractivity contribution in [2.45, 2.75) is 13.1 Å². The zero-order chi connectivity index (χ0) is 20.2. The Morgan fingerprint density at radius 1 is 1.10 bits per heavy atom. The molecule has 4 rings (SSSR count). The summed E-state index contributed by atoms with van der Waals surface area (Å²) in [6, 6.07) is 9.16. The molecule has 0 N–H and O–H groups in total. The molecule has 1 aromatic carbocycles. The lowest BCUT2D eigenvalue weighted by Gasteiger charge is -2.33. The first-order chi connectivity index (χ1) is 14.1. The Labute approximate surface area is 173 Å². The van der Waals surface area contributed by atoms with E-state index in [2.05, 4.69) is 19.9 Å². The smallest absolute Gasteiger partial charge is 0.374 e. The van der Waals surface area contributed by atoms with Gasteiger partial charge in [-0.15, -0.1) is 0 Å². The Hall–Kier alpha value is -2.68. The van der Waals surface area contributed by atoms with Crippen LogP contribution in [-0.2, 0) is 17.8 Å². The molecule has 3 heterocycles. The zero-order valence-electron chi connectivity index (χ0n) is 16.0. The van der Waals surface area contributed by atoms with Crippen LogP contribution in [0.4, 0.5) is 0 Å². The molecule has 0 atom stereocenters. The lowest BCUT2D eigenvalue weighted by Crippen LogP contribution is -2.45. The number of piperazine rings is 1. The number of ether oxygens (including phenoxy) is 1. The van der Waals surface area contributed by atoms with Crippen LogP contribution in [0.1, 0.15) is 22.0 Å². The van der Waals surface area contributed by atoms with Crippen molar-refractivity contribution in [1.82, 2.24) is 19.9 Å². The van der Waals surface area contributed by atoms with Gasteiger partial charge in [-0.25, -0.2) is 4.79 Å². The monoisotopic (exact) mass is 416 g/mol. The molecule has 152 valence electrons. The summed E-state index contributed by atoms with van der Waals surface area (Å²) < 4.78 is 15.4. The van der Waals surface area contributed by atoms with E-state index in [1.165, 1.54) is 13.4 Å². The predicted octanol–water partition coefficient (Wildman–Crippen LogP) is 3.09. The molecule has 29 heavy (non-hydrogen) atoms. The Morgan fingerprint density at radius 3 is 2.48 bits per heavy atom. The molecular weight excluding hydrogens is 396 g/mol. The maximum Gasteiger partial charge on any atom is 0.374 e. The van der Waals surface area contributed by atoms with Crippen molar-refractivity contribution < 1.29 is 18.5 Å². The normalized spacial score (nSPS) is 15.5. The van der Waals surface area contributed by atoms with Gasteiger partial charge in [-0.1, -0.05) is 16.8 Å². The number of rotatable bonds is 6. The predicted molar refractivity (Wildman–Crippen MR) is 105 cm³/mol. The summed E-state index contributed by atoms with van der Waals surface area (Å²) in [5.74, 6) is 0.976. The summed E-state index contributed by atoms with van der Waals surface area (Å²) in [7, 11) is 1.35. The molecule has 2 aromatic heterocycles. The first kappa shape index (κ1) is 19.6. The van der Waals surface area contributed by atoms with Gasteiger partial charge in [-0.3, -0.25) is 9.80 Å². The SMILES string of the molecule is COC(=O)c1occc1CN1CCN(Cc2nc(-c3ccc(Cl)cc3)no2)CC1. The molecule has 0 radical (unpaired) electrons. The molecule has 1 aliphatic rings. The Bertz CT molecular complexity index is 961. The number of aromatic nitrogens is 2. The highest BCUT2D eigenvalue weighted by Crippen LogP contribution is 2.20. The largest absolute Gasteiger partial charge is 0.463 e. The van der Waals surface area contributed by atoms with Gasteiger partial charge in [0.2, 0.25) is 17.5 Å². The second kappa shape index (κ2) is 8.77. The molecule has 0 unspecified atom stereocenters. The highest BCUT2D eigenvalue weighted by molar-refractivity contribution is 6.30. The van der Waals surface area contributed by atoms with Crippen LogP contribution in [0.5, 0.6) is 0 Å². The summed E-state index contributed by atoms with van der Waals surface area (Å²) in [6.07, 6.45) is 1.52. The highest BCUT2D eigenvalue weighted by Gasteiger charge is 2.23. The van der Waals surface area contributed by atoms with Crippen LogP contribution >= 0.6 is 11.6 Å². The van der Waals surface area contributed by atoms with Gasteiger partial charge in [0.05, 0.1) is 19.9 Å². The number of esters is 1. The molecule has 0 spiro atoms. The molecule has 1 saturated heterocycles. The van der Waals surface area contributed by atoms with Crippen molar-refractivity contribution in [2.75, 3.05) is 33.3 Å². The van der Waals surface area contributed by atoms with Gasteiger partial charge in [-0.05, 0) is 30.3 Å². The van der Waals surface area contributed by atoms with E-state index in [4.69, 9.17) is 25.3 Å². The minimum Gasteiger partial charge on any atom is -0.463 e. The summed E-state index contributed by atoms with van der Waals surface area (Å²) in [6.45, 7) is 4.71. The third kappa shape index (κ3) is 4.67. The van der Waals surface area contributed by atoms with Crippen LogP contribution in [0.3, 0.4) is 0 Å². The molecule has 0 amide bonds. The van der Waals surface area contributed by atoms with Gasteiger partial charge in [0.1, 0.15) is 0 Å². The third-order valence-corrected chi connectivity index (χ3v) is 5.16. The average Bonchev–Trinajstić information content (AvgIpc) is 3.39. The fourth-order valence-corrected chi connectivity index (χ4v) is 3.43. The van der Waals surface area contributed by atoms with E-state index in [1.807, 2.05) is 18.2 Å². The minimum atomic E-state index is -0.448. The lowest BCUT2D eigenvalue weighted by molar-refractivity contribution is 0.0559. The third-order valence-electron chi connectivity index (χ3n) is 4.91. The lowest BCUT2D eigenvalue weighted by atomic mass is 10.2. The first-order valence-corrected chi connectivity index (χ1v) is 9.68. The topological polar surface area (TPSA) is 84.8 Å². The first-order valence-electron chi connectivity index (χ1n) is 9.30. The standard InChI is InChI=1S/C20H21ClN4O4/c1-27-20(26)18-15(6-11-28-18)12-24-7-9-25(10-8-24)13-17-22-19(23-29-17)14-2-4-16(21)5-3-14/h2-6,11H,7-10,12-13H2,1H3. The van der Waals surface area contributed by atoms with Crippen LogP contribution in [0.15, 0.2) is 45.5 Å². The molecule has 3 aromatic rings. The van der Waals surface area contributed by atoms with Crippen molar-refractivity contribution in [3.8, 4) is 11.4 Å². The summed E-state index contributed by atoms with van der Waals surface area (Å²) in [4.78, 5) is 20.8. The van der Waals surface area contributed by atoms with Crippen molar-refractivity contribution in [3.05, 3.63) is 58.8 Å². The van der Waals surface area contributed by atoms with Gasteiger partial charge in [-0.2, -0.15) is 4.98 Å². The minimum absolute atomic E-state index is 0.274. The van der Waals surface area contributed by atoms with Crippen LogP contribution in [0.2, 0.25) is 5.02 Å². The number of carbonyl (C=O) groups is 1. The number of hydrogen-bond acceptors (Lipinski definition) is 8. The van der Waals surface area contributed by atoms with E-state index in [9.17, 15) is 4.79 Å². The van der Waals surface area contributed by atoms with Gasteiger partial charge >= 0.3 is 5.97 Å². The quantitative estimate of drug-likeness (QED) is 0.567. The molecule has 1 aliphatic heterocycles. The second-order valence-electron chi connectivity index (χ2n) is 6.84. The van der Waals surface area contributed by atoms with Crippen molar-refractivity contribution in [1.29, 1.82) is 0 Å². The molecule has 0 saturated carbocycles. The van der Waals surface area contributed by atoms with E-state index in [0.29, 0.717) is 29.8 Å². The van der Waals surface area contributed by atoms with Crippen LogP contribution in [-0.4, -0.2) is 59.2 Å². The molecular formula is C20H21ClN4O4. The summed E-state index contributed by atoms with van der Waals surface area (Å²) >= 11 is 5.92. The fourth-order valence-electron chi connectivity index (χ4n) is 3.30. The number of nitrogens with zero attached hydrogens (tertiary/aromatic N) is 4. The average molecular weight is 417 g/mol. The Balaban J connectivity index is 1.30. The fraction of sp³-hybridized carbons (Fsp3) is 0.350. The number of benzene rings is 1.